The van der Waals surface area contributed by atoms with E-state index < -0.39 is 0 Å². The molecule has 0 aromatic heterocycles. The van der Waals surface area contributed by atoms with Gasteiger partial charge < -0.3 is 4.90 Å². The van der Waals surface area contributed by atoms with Gasteiger partial charge in [-0.25, -0.2) is 0 Å². The predicted octanol–water partition coefficient (Wildman–Crippen LogP) is 1.78. The zero-order valence-electron chi connectivity index (χ0n) is 7.13. The Kier molecular flexibility index (Phi) is 2.40. The first kappa shape index (κ1) is 8.54. The predicted molar refractivity (Wildman–Crippen MR) is 51.3 cm³/mol. The molecule has 1 aliphatic carbocycles. The minimum atomic E-state index is 0.379. The number of likely N-dealkylation sites (tertiary alicyclic amines) is 1. The van der Waals surface area contributed by atoms with Crippen molar-refractivity contribution >= 4 is 21.8 Å². The van der Waals surface area contributed by atoms with Gasteiger partial charge in [-0.05, 0) is 25.2 Å². The molecule has 2 nitrogen and oxygen atoms in total. The van der Waals surface area contributed by atoms with Crippen molar-refractivity contribution in [1.29, 1.82) is 0 Å². The summed E-state index contributed by atoms with van der Waals surface area (Å²) >= 11 is 3.44. The fourth-order valence-electron chi connectivity index (χ4n) is 1.96. The summed E-state index contributed by atoms with van der Waals surface area (Å²) in [5.41, 5.74) is 0. The third-order valence-electron chi connectivity index (χ3n) is 2.97. The molecule has 2 rings (SSSR count). The lowest BCUT2D eigenvalue weighted by molar-refractivity contribution is -0.131. The molecule has 1 aliphatic heterocycles. The lowest BCUT2D eigenvalue weighted by Gasteiger charge is -2.34. The minimum Gasteiger partial charge on any atom is -0.339 e. The number of halogens is 1. The molecule has 1 unspecified atom stereocenters. The van der Waals surface area contributed by atoms with Crippen molar-refractivity contribution in [2.24, 2.45) is 5.92 Å². The van der Waals surface area contributed by atoms with Crippen LogP contribution in [0.2, 0.25) is 0 Å². The summed E-state index contributed by atoms with van der Waals surface area (Å²) in [7, 11) is 0. The Hall–Kier alpha value is -0.0500. The van der Waals surface area contributed by atoms with E-state index >= 15 is 0 Å². The Balaban J connectivity index is 1.93. The summed E-state index contributed by atoms with van der Waals surface area (Å²) in [4.78, 5) is 13.6. The number of carbonyl (C=O) groups is 1. The van der Waals surface area contributed by atoms with Crippen LogP contribution in [0.25, 0.3) is 0 Å². The second-order valence-electron chi connectivity index (χ2n) is 3.86. The Labute approximate surface area is 81.4 Å². The number of hydrogen-bond donors (Lipinski definition) is 0. The molecular formula is C9H14BrNO. The maximum absolute atomic E-state index is 11.5. The van der Waals surface area contributed by atoms with Crippen LogP contribution in [0.3, 0.4) is 0 Å². The maximum Gasteiger partial charge on any atom is 0.223 e. The van der Waals surface area contributed by atoms with Gasteiger partial charge in [-0.2, -0.15) is 0 Å². The van der Waals surface area contributed by atoms with E-state index in [9.17, 15) is 4.79 Å². The first-order valence-electron chi connectivity index (χ1n) is 4.66. The fourth-order valence-corrected chi connectivity index (χ4v) is 2.40. The number of rotatable bonds is 2. The van der Waals surface area contributed by atoms with E-state index in [4.69, 9.17) is 0 Å². The molecule has 1 amide bonds. The Morgan fingerprint density at radius 3 is 2.67 bits per heavy atom. The van der Waals surface area contributed by atoms with Crippen LogP contribution in [0.15, 0.2) is 0 Å². The quantitative estimate of drug-likeness (QED) is 0.664. The third-order valence-corrected chi connectivity index (χ3v) is 3.89. The van der Waals surface area contributed by atoms with E-state index in [2.05, 4.69) is 20.8 Å². The smallest absolute Gasteiger partial charge is 0.223 e. The Morgan fingerprint density at radius 1 is 1.50 bits per heavy atom. The second-order valence-corrected chi connectivity index (χ2v) is 4.50. The molecule has 0 N–H and O–H groups in total. The standard InChI is InChI=1S/C9H14BrNO/c10-5-7-4-9(12)11(6-7)8-2-1-3-8/h7-8H,1-6H2. The summed E-state index contributed by atoms with van der Waals surface area (Å²) in [6, 6.07) is 0.599. The van der Waals surface area contributed by atoms with Crippen molar-refractivity contribution in [3.8, 4) is 0 Å². The van der Waals surface area contributed by atoms with Gasteiger partial charge in [0.1, 0.15) is 0 Å². The molecule has 1 saturated carbocycles. The number of hydrogen-bond acceptors (Lipinski definition) is 1. The molecule has 2 fully saturated rings. The van der Waals surface area contributed by atoms with Crippen LogP contribution in [0, 0.1) is 5.92 Å². The van der Waals surface area contributed by atoms with Gasteiger partial charge in [-0.3, -0.25) is 4.79 Å². The van der Waals surface area contributed by atoms with Gasteiger partial charge in [0, 0.05) is 24.3 Å². The number of carbonyl (C=O) groups excluding carboxylic acids is 1. The monoisotopic (exact) mass is 231 g/mol. The van der Waals surface area contributed by atoms with E-state index in [1.54, 1.807) is 0 Å². The molecule has 0 radical (unpaired) electrons. The van der Waals surface area contributed by atoms with Crippen molar-refractivity contribution in [2.75, 3.05) is 11.9 Å². The van der Waals surface area contributed by atoms with Crippen LogP contribution < -0.4 is 0 Å². The largest absolute Gasteiger partial charge is 0.339 e. The van der Waals surface area contributed by atoms with Crippen molar-refractivity contribution in [2.45, 2.75) is 31.7 Å². The van der Waals surface area contributed by atoms with Crippen molar-refractivity contribution in [3.05, 3.63) is 0 Å². The zero-order valence-corrected chi connectivity index (χ0v) is 8.72. The lowest BCUT2D eigenvalue weighted by atomic mass is 9.92. The first-order chi connectivity index (χ1) is 5.81. The highest BCUT2D eigenvalue weighted by atomic mass is 79.9. The number of alkyl halides is 1. The molecule has 12 heavy (non-hydrogen) atoms. The van der Waals surface area contributed by atoms with Crippen LogP contribution in [0.4, 0.5) is 0 Å². The van der Waals surface area contributed by atoms with Crippen LogP contribution in [0.5, 0.6) is 0 Å². The van der Waals surface area contributed by atoms with Crippen molar-refractivity contribution < 1.29 is 4.79 Å². The summed E-state index contributed by atoms with van der Waals surface area (Å²) in [6.07, 6.45) is 4.55. The van der Waals surface area contributed by atoms with E-state index in [1.165, 1.54) is 19.3 Å². The van der Waals surface area contributed by atoms with Crippen LogP contribution in [-0.2, 0) is 4.79 Å². The normalized spacial score (nSPS) is 30.9. The van der Waals surface area contributed by atoms with E-state index in [0.717, 1.165) is 18.3 Å². The lowest BCUT2D eigenvalue weighted by Crippen LogP contribution is -2.41. The van der Waals surface area contributed by atoms with Gasteiger partial charge in [0.15, 0.2) is 0 Å². The molecule has 68 valence electrons. The summed E-state index contributed by atoms with van der Waals surface area (Å²) in [5, 5.41) is 0.974. The zero-order chi connectivity index (χ0) is 8.55. The molecule has 0 bridgehead atoms. The molecular weight excluding hydrogens is 218 g/mol. The molecule has 0 aromatic carbocycles. The number of nitrogens with zero attached hydrogens (tertiary/aromatic N) is 1. The van der Waals surface area contributed by atoms with Crippen molar-refractivity contribution in [3.63, 3.8) is 0 Å². The molecule has 1 heterocycles. The van der Waals surface area contributed by atoms with Crippen LogP contribution in [0.1, 0.15) is 25.7 Å². The minimum absolute atomic E-state index is 0.379. The maximum atomic E-state index is 11.5. The molecule has 3 heteroatoms. The highest BCUT2D eigenvalue weighted by Crippen LogP contribution is 2.30. The first-order valence-corrected chi connectivity index (χ1v) is 5.79. The summed E-state index contributed by atoms with van der Waals surface area (Å²) in [5.74, 6) is 0.947. The van der Waals surface area contributed by atoms with Gasteiger partial charge in [-0.15, -0.1) is 0 Å². The molecule has 0 spiro atoms. The van der Waals surface area contributed by atoms with Gasteiger partial charge in [-0.1, -0.05) is 15.9 Å². The van der Waals surface area contributed by atoms with Crippen LogP contribution in [-0.4, -0.2) is 28.7 Å². The summed E-state index contributed by atoms with van der Waals surface area (Å²) < 4.78 is 0. The average Bonchev–Trinajstić information content (AvgIpc) is 2.29. The van der Waals surface area contributed by atoms with E-state index in [-0.39, 0.29) is 0 Å². The number of amides is 1. The van der Waals surface area contributed by atoms with E-state index in [1.807, 2.05) is 0 Å². The highest BCUT2D eigenvalue weighted by molar-refractivity contribution is 9.09. The molecule has 1 atom stereocenters. The Morgan fingerprint density at radius 2 is 2.25 bits per heavy atom. The fraction of sp³-hybridized carbons (Fsp3) is 0.889. The van der Waals surface area contributed by atoms with Gasteiger partial charge >= 0.3 is 0 Å². The second kappa shape index (κ2) is 3.36. The molecule has 2 aliphatic rings. The highest BCUT2D eigenvalue weighted by Gasteiger charge is 2.35. The molecule has 0 aromatic rings. The van der Waals surface area contributed by atoms with E-state index in [0.29, 0.717) is 17.9 Å². The topological polar surface area (TPSA) is 20.3 Å². The van der Waals surface area contributed by atoms with Crippen molar-refractivity contribution in [1.82, 2.24) is 4.90 Å². The van der Waals surface area contributed by atoms with Gasteiger partial charge in [0.05, 0.1) is 0 Å². The van der Waals surface area contributed by atoms with Gasteiger partial charge in [0.2, 0.25) is 5.91 Å². The SMILES string of the molecule is O=C1CC(CBr)CN1C1CCC1. The molecule has 1 saturated heterocycles. The third kappa shape index (κ3) is 1.39. The summed E-state index contributed by atoms with van der Waals surface area (Å²) in [6.45, 7) is 0.995. The Bertz CT molecular complexity index is 191. The van der Waals surface area contributed by atoms with Crippen LogP contribution >= 0.6 is 15.9 Å². The van der Waals surface area contributed by atoms with Gasteiger partial charge in [0.25, 0.3) is 0 Å². The average molecular weight is 232 g/mol.